The molecule has 3 aromatic heterocycles. The van der Waals surface area contributed by atoms with Crippen LogP contribution in [0.25, 0.3) is 22.4 Å². The number of H-pyrrole nitrogens is 1. The predicted octanol–water partition coefficient (Wildman–Crippen LogP) is 1.49. The third kappa shape index (κ3) is 3.37. The van der Waals surface area contributed by atoms with E-state index in [9.17, 15) is 9.59 Å². The average Bonchev–Trinajstić information content (AvgIpc) is 3.13. The van der Waals surface area contributed by atoms with Crippen LogP contribution in [0.5, 0.6) is 0 Å². The van der Waals surface area contributed by atoms with Crippen molar-refractivity contribution in [1.82, 2.24) is 34.9 Å². The molecule has 1 saturated carbocycles. The fourth-order valence-electron chi connectivity index (χ4n) is 3.92. The van der Waals surface area contributed by atoms with E-state index in [0.29, 0.717) is 22.4 Å². The van der Waals surface area contributed by atoms with Gasteiger partial charge >= 0.3 is 0 Å². The summed E-state index contributed by atoms with van der Waals surface area (Å²) in [6.45, 7) is 1.57. The quantitative estimate of drug-likeness (QED) is 0.683. The normalized spacial score (nSPS) is 17.6. The van der Waals surface area contributed by atoms with Crippen LogP contribution in [-0.2, 0) is 11.8 Å². The molecule has 3 aromatic rings. The van der Waals surface area contributed by atoms with Crippen molar-refractivity contribution in [1.29, 1.82) is 0 Å². The SMILES string of the molecule is Cn1cc(-c2cnc3[nH]cc(C(=O)N[C@@H](C(=O)N4CCCC4)C4CC4)c3n2)cn1. The van der Waals surface area contributed by atoms with Gasteiger partial charge in [-0.1, -0.05) is 0 Å². The third-order valence-corrected chi connectivity index (χ3v) is 5.69. The van der Waals surface area contributed by atoms with Gasteiger partial charge in [-0.05, 0) is 31.6 Å². The van der Waals surface area contributed by atoms with E-state index in [2.05, 4.69) is 25.4 Å². The summed E-state index contributed by atoms with van der Waals surface area (Å²) in [5, 5.41) is 7.14. The Hall–Kier alpha value is -3.23. The second-order valence-corrected chi connectivity index (χ2v) is 7.88. The lowest BCUT2D eigenvalue weighted by Gasteiger charge is -2.23. The van der Waals surface area contributed by atoms with E-state index in [0.717, 1.165) is 44.3 Å². The molecule has 0 spiro atoms. The van der Waals surface area contributed by atoms with Crippen LogP contribution >= 0.6 is 0 Å². The molecule has 2 N–H and O–H groups in total. The first-order chi connectivity index (χ1) is 14.1. The molecule has 9 nitrogen and oxygen atoms in total. The van der Waals surface area contributed by atoms with Gasteiger partial charge in [0.05, 0.1) is 23.7 Å². The summed E-state index contributed by atoms with van der Waals surface area (Å²) in [5.74, 6) is -0.0204. The molecule has 0 radical (unpaired) electrons. The zero-order valence-electron chi connectivity index (χ0n) is 16.3. The number of hydrogen-bond acceptors (Lipinski definition) is 5. The van der Waals surface area contributed by atoms with Gasteiger partial charge in [-0.15, -0.1) is 0 Å². The van der Waals surface area contributed by atoms with E-state index >= 15 is 0 Å². The van der Waals surface area contributed by atoms with Crippen molar-refractivity contribution in [3.8, 4) is 11.3 Å². The zero-order chi connectivity index (χ0) is 20.0. The van der Waals surface area contributed by atoms with Crippen molar-refractivity contribution >= 4 is 23.0 Å². The summed E-state index contributed by atoms with van der Waals surface area (Å²) < 4.78 is 1.69. The molecule has 9 heteroatoms. The Balaban J connectivity index is 1.41. The molecule has 29 heavy (non-hydrogen) atoms. The fraction of sp³-hybridized carbons (Fsp3) is 0.450. The fourth-order valence-corrected chi connectivity index (χ4v) is 3.92. The maximum atomic E-state index is 13.0. The Morgan fingerprint density at radius 2 is 2.03 bits per heavy atom. The Kier molecular flexibility index (Phi) is 4.30. The van der Waals surface area contributed by atoms with Crippen LogP contribution in [-0.4, -0.2) is 60.6 Å². The molecule has 0 unspecified atom stereocenters. The molecule has 0 aromatic carbocycles. The standard InChI is InChI=1S/C20H23N7O2/c1-26-11-13(8-23-26)15-10-22-18-17(24-15)14(9-21-18)19(28)25-16(12-4-5-12)20(29)27-6-2-3-7-27/h8-12,16H,2-7H2,1H3,(H,21,22)(H,25,28)/t16-/m1/s1. The highest BCUT2D eigenvalue weighted by molar-refractivity contribution is 6.06. The molecule has 1 saturated heterocycles. The van der Waals surface area contributed by atoms with E-state index in [4.69, 9.17) is 0 Å². The molecule has 2 fully saturated rings. The van der Waals surface area contributed by atoms with Gasteiger partial charge in [0.15, 0.2) is 5.65 Å². The number of aromatic amines is 1. The Labute approximate surface area is 167 Å². The summed E-state index contributed by atoms with van der Waals surface area (Å²) in [6.07, 6.45) is 10.8. The summed E-state index contributed by atoms with van der Waals surface area (Å²) in [7, 11) is 1.83. The number of carbonyl (C=O) groups is 2. The van der Waals surface area contributed by atoms with Crippen LogP contribution in [0.1, 0.15) is 36.0 Å². The molecule has 2 amide bonds. The topological polar surface area (TPSA) is 109 Å². The smallest absolute Gasteiger partial charge is 0.255 e. The zero-order valence-corrected chi connectivity index (χ0v) is 16.3. The number of amides is 2. The summed E-state index contributed by atoms with van der Waals surface area (Å²) >= 11 is 0. The molecule has 150 valence electrons. The van der Waals surface area contributed by atoms with Crippen LogP contribution in [0.15, 0.2) is 24.8 Å². The lowest BCUT2D eigenvalue weighted by Crippen LogP contribution is -2.49. The van der Waals surface area contributed by atoms with Crippen molar-refractivity contribution in [3.63, 3.8) is 0 Å². The van der Waals surface area contributed by atoms with Gasteiger partial charge in [-0.2, -0.15) is 5.10 Å². The molecule has 4 heterocycles. The third-order valence-electron chi connectivity index (χ3n) is 5.69. The molecular formula is C20H23N7O2. The van der Waals surface area contributed by atoms with Crippen LogP contribution in [0.3, 0.4) is 0 Å². The Morgan fingerprint density at radius 1 is 1.24 bits per heavy atom. The molecule has 0 bridgehead atoms. The predicted molar refractivity (Wildman–Crippen MR) is 106 cm³/mol. The Morgan fingerprint density at radius 3 is 2.72 bits per heavy atom. The van der Waals surface area contributed by atoms with E-state index < -0.39 is 6.04 Å². The largest absolute Gasteiger partial charge is 0.344 e. The average molecular weight is 393 g/mol. The van der Waals surface area contributed by atoms with Crippen LogP contribution < -0.4 is 5.32 Å². The van der Waals surface area contributed by atoms with Crippen molar-refractivity contribution in [2.75, 3.05) is 13.1 Å². The van der Waals surface area contributed by atoms with Gasteiger partial charge in [0.25, 0.3) is 5.91 Å². The van der Waals surface area contributed by atoms with Crippen LogP contribution in [0.2, 0.25) is 0 Å². The monoisotopic (exact) mass is 393 g/mol. The van der Waals surface area contributed by atoms with Gasteiger partial charge in [-0.3, -0.25) is 14.3 Å². The van der Waals surface area contributed by atoms with Crippen molar-refractivity contribution < 1.29 is 9.59 Å². The van der Waals surface area contributed by atoms with E-state index in [1.807, 2.05) is 18.1 Å². The minimum absolute atomic E-state index is 0.0420. The highest BCUT2D eigenvalue weighted by Crippen LogP contribution is 2.34. The minimum atomic E-state index is -0.458. The van der Waals surface area contributed by atoms with E-state index in [-0.39, 0.29) is 17.7 Å². The summed E-state index contributed by atoms with van der Waals surface area (Å²) in [5.41, 5.74) is 2.91. The van der Waals surface area contributed by atoms with E-state index in [1.54, 1.807) is 23.3 Å². The van der Waals surface area contributed by atoms with Crippen molar-refractivity contribution in [2.45, 2.75) is 31.7 Å². The lowest BCUT2D eigenvalue weighted by atomic mass is 10.1. The molecule has 1 aliphatic carbocycles. The number of rotatable bonds is 5. The van der Waals surface area contributed by atoms with Gasteiger partial charge < -0.3 is 15.2 Å². The first-order valence-electron chi connectivity index (χ1n) is 10.0. The minimum Gasteiger partial charge on any atom is -0.344 e. The first-order valence-corrected chi connectivity index (χ1v) is 10.0. The highest BCUT2D eigenvalue weighted by atomic mass is 16.2. The van der Waals surface area contributed by atoms with Crippen molar-refractivity contribution in [2.24, 2.45) is 13.0 Å². The molecule has 1 aliphatic heterocycles. The maximum Gasteiger partial charge on any atom is 0.255 e. The first kappa shape index (κ1) is 17.8. The second-order valence-electron chi connectivity index (χ2n) is 7.88. The number of aryl methyl sites for hydroxylation is 1. The lowest BCUT2D eigenvalue weighted by molar-refractivity contribution is -0.132. The molecule has 2 aliphatic rings. The molecule has 5 rings (SSSR count). The van der Waals surface area contributed by atoms with Gasteiger partial charge in [0.2, 0.25) is 5.91 Å². The number of fused-ring (bicyclic) bond motifs is 1. The number of carbonyl (C=O) groups excluding carboxylic acids is 2. The number of aromatic nitrogens is 5. The molecular weight excluding hydrogens is 370 g/mol. The summed E-state index contributed by atoms with van der Waals surface area (Å²) in [4.78, 5) is 39.8. The highest BCUT2D eigenvalue weighted by Gasteiger charge is 2.40. The maximum absolute atomic E-state index is 13.0. The number of nitrogens with zero attached hydrogens (tertiary/aromatic N) is 5. The van der Waals surface area contributed by atoms with Gasteiger partial charge in [0, 0.05) is 38.1 Å². The van der Waals surface area contributed by atoms with Crippen LogP contribution in [0, 0.1) is 5.92 Å². The second kappa shape index (κ2) is 6.98. The number of likely N-dealkylation sites (tertiary alicyclic amines) is 1. The number of nitrogens with one attached hydrogen (secondary N) is 2. The number of hydrogen-bond donors (Lipinski definition) is 2. The van der Waals surface area contributed by atoms with Gasteiger partial charge in [-0.25, -0.2) is 9.97 Å². The van der Waals surface area contributed by atoms with E-state index in [1.165, 1.54) is 0 Å². The van der Waals surface area contributed by atoms with Crippen molar-refractivity contribution in [3.05, 3.63) is 30.4 Å². The van der Waals surface area contributed by atoms with Crippen LogP contribution in [0.4, 0.5) is 0 Å². The molecule has 1 atom stereocenters. The Bertz CT molecular complexity index is 1080. The summed E-state index contributed by atoms with van der Waals surface area (Å²) in [6, 6.07) is -0.458. The van der Waals surface area contributed by atoms with Gasteiger partial charge in [0.1, 0.15) is 11.6 Å².